The molecule has 1 rings (SSSR count). The van der Waals surface area contributed by atoms with E-state index in [1.807, 2.05) is 6.08 Å². The summed E-state index contributed by atoms with van der Waals surface area (Å²) in [6.07, 6.45) is 5.56. The molecular weight excluding hydrogens is 154 g/mol. The van der Waals surface area contributed by atoms with Crippen molar-refractivity contribution in [2.24, 2.45) is 11.1 Å². The van der Waals surface area contributed by atoms with E-state index in [1.54, 1.807) is 0 Å². The van der Waals surface area contributed by atoms with Crippen molar-refractivity contribution in [3.05, 3.63) is 17.6 Å². The van der Waals surface area contributed by atoms with Crippen LogP contribution in [0.15, 0.2) is 17.8 Å². The first-order valence-electron chi connectivity index (χ1n) is 4.40. The molecule has 1 saturated carbocycles. The zero-order chi connectivity index (χ0) is 8.81. The minimum atomic E-state index is 0.264. The number of rotatable bonds is 7. The molecule has 3 heteroatoms. The average Bonchev–Trinajstić information content (AvgIpc) is 2.86. The summed E-state index contributed by atoms with van der Waals surface area (Å²) in [4.78, 5) is 9.78. The molecule has 1 unspecified atom stereocenters. The highest BCUT2D eigenvalue weighted by molar-refractivity contribution is 4.86. The molecular formula is C9H15NO2. The molecule has 0 aromatic rings. The second kappa shape index (κ2) is 5.04. The van der Waals surface area contributed by atoms with Gasteiger partial charge in [0, 0.05) is 0 Å². The molecule has 0 aliphatic heterocycles. The van der Waals surface area contributed by atoms with E-state index < -0.39 is 0 Å². The summed E-state index contributed by atoms with van der Waals surface area (Å²) in [5.41, 5.74) is 0. The molecule has 1 aliphatic carbocycles. The van der Waals surface area contributed by atoms with Crippen LogP contribution in [0.25, 0.3) is 0 Å². The minimum absolute atomic E-state index is 0.264. The lowest BCUT2D eigenvalue weighted by molar-refractivity contribution is 0.0457. The first kappa shape index (κ1) is 9.39. The predicted molar refractivity (Wildman–Crippen MR) is 47.9 cm³/mol. The highest BCUT2D eigenvalue weighted by Crippen LogP contribution is 2.35. The number of hydrogen-bond donors (Lipinski definition) is 0. The maximum absolute atomic E-state index is 9.78. The third-order valence-electron chi connectivity index (χ3n) is 2.06. The first-order valence-corrected chi connectivity index (χ1v) is 4.40. The van der Waals surface area contributed by atoms with Gasteiger partial charge in [-0.05, 0) is 25.2 Å². The predicted octanol–water partition coefficient (Wildman–Crippen LogP) is 2.12. The Morgan fingerprint density at radius 2 is 2.42 bits per heavy atom. The van der Waals surface area contributed by atoms with Crippen molar-refractivity contribution in [1.29, 1.82) is 0 Å². The summed E-state index contributed by atoms with van der Waals surface area (Å²) in [6.45, 7) is 4.39. The topological polar surface area (TPSA) is 38.7 Å². The van der Waals surface area contributed by atoms with Crippen LogP contribution in [0.3, 0.4) is 0 Å². The molecule has 0 saturated heterocycles. The Bertz CT molecular complexity index is 155. The lowest BCUT2D eigenvalue weighted by Gasteiger charge is -2.13. The van der Waals surface area contributed by atoms with Crippen molar-refractivity contribution >= 4 is 0 Å². The summed E-state index contributed by atoms with van der Waals surface area (Å²) in [6, 6.07) is 0. The van der Waals surface area contributed by atoms with Gasteiger partial charge in [0.1, 0.15) is 6.54 Å². The second-order valence-electron chi connectivity index (χ2n) is 3.12. The number of nitroso groups, excluding NO2 is 1. The van der Waals surface area contributed by atoms with Gasteiger partial charge < -0.3 is 4.74 Å². The lowest BCUT2D eigenvalue weighted by atomic mass is 10.1. The van der Waals surface area contributed by atoms with Crippen LogP contribution < -0.4 is 0 Å². The van der Waals surface area contributed by atoms with Crippen LogP contribution in [0.1, 0.15) is 19.3 Å². The van der Waals surface area contributed by atoms with E-state index in [1.165, 1.54) is 12.8 Å². The van der Waals surface area contributed by atoms with Crippen molar-refractivity contribution in [3.8, 4) is 0 Å². The summed E-state index contributed by atoms with van der Waals surface area (Å²) >= 11 is 0. The zero-order valence-electron chi connectivity index (χ0n) is 7.24. The van der Waals surface area contributed by atoms with Gasteiger partial charge in [-0.25, -0.2) is 0 Å². The maximum atomic E-state index is 9.78. The van der Waals surface area contributed by atoms with Crippen LogP contribution in [0.4, 0.5) is 0 Å². The normalized spacial score (nSPS) is 18.7. The first-order chi connectivity index (χ1) is 5.88. The van der Waals surface area contributed by atoms with E-state index in [9.17, 15) is 4.91 Å². The van der Waals surface area contributed by atoms with Crippen molar-refractivity contribution in [2.45, 2.75) is 25.4 Å². The van der Waals surface area contributed by atoms with Gasteiger partial charge in [0.2, 0.25) is 0 Å². The molecule has 0 heterocycles. The van der Waals surface area contributed by atoms with Gasteiger partial charge in [0.15, 0.2) is 0 Å². The fourth-order valence-corrected chi connectivity index (χ4v) is 1.27. The monoisotopic (exact) mass is 169 g/mol. The molecule has 12 heavy (non-hydrogen) atoms. The third kappa shape index (κ3) is 3.13. The van der Waals surface area contributed by atoms with Gasteiger partial charge >= 0.3 is 0 Å². The maximum Gasteiger partial charge on any atom is 0.104 e. The third-order valence-corrected chi connectivity index (χ3v) is 2.06. The number of hydrogen-bond acceptors (Lipinski definition) is 3. The zero-order valence-corrected chi connectivity index (χ0v) is 7.24. The Balaban J connectivity index is 2.13. The molecule has 0 N–H and O–H groups in total. The van der Waals surface area contributed by atoms with Crippen LogP contribution in [-0.4, -0.2) is 19.3 Å². The fraction of sp³-hybridized carbons (Fsp3) is 0.778. The molecule has 0 amide bonds. The van der Waals surface area contributed by atoms with Gasteiger partial charge in [-0.1, -0.05) is 11.3 Å². The Kier molecular flexibility index (Phi) is 3.94. The van der Waals surface area contributed by atoms with E-state index in [0.717, 1.165) is 6.42 Å². The Morgan fingerprint density at radius 1 is 1.67 bits per heavy atom. The molecule has 3 nitrogen and oxygen atoms in total. The van der Waals surface area contributed by atoms with Gasteiger partial charge in [-0.15, -0.1) is 6.58 Å². The van der Waals surface area contributed by atoms with Crippen molar-refractivity contribution in [2.75, 3.05) is 13.2 Å². The molecule has 0 radical (unpaired) electrons. The lowest BCUT2D eigenvalue weighted by Crippen LogP contribution is -2.16. The standard InChI is InChI=1S/C9H15NO2/c1-2-3-9(8-4-5-8)12-7-6-10-11/h2,8-9H,1,3-7H2. The SMILES string of the molecule is C=CCC(OCCN=O)C1CC1. The molecule has 1 atom stereocenters. The highest BCUT2D eigenvalue weighted by Gasteiger charge is 2.30. The summed E-state index contributed by atoms with van der Waals surface area (Å²) in [5.74, 6) is 0.703. The van der Waals surface area contributed by atoms with Gasteiger partial charge in [0.05, 0.1) is 12.7 Å². The average molecular weight is 169 g/mol. The van der Waals surface area contributed by atoms with Gasteiger partial charge in [-0.3, -0.25) is 0 Å². The van der Waals surface area contributed by atoms with E-state index in [0.29, 0.717) is 12.5 Å². The van der Waals surface area contributed by atoms with E-state index >= 15 is 0 Å². The molecule has 68 valence electrons. The Morgan fingerprint density at radius 3 is 2.92 bits per heavy atom. The summed E-state index contributed by atoms with van der Waals surface area (Å²) in [5, 5.41) is 2.75. The van der Waals surface area contributed by atoms with Gasteiger partial charge in [0.25, 0.3) is 0 Å². The molecule has 0 spiro atoms. The second-order valence-corrected chi connectivity index (χ2v) is 3.12. The van der Waals surface area contributed by atoms with E-state index in [4.69, 9.17) is 4.74 Å². The van der Waals surface area contributed by atoms with Crippen molar-refractivity contribution in [1.82, 2.24) is 0 Å². The molecule has 0 aromatic heterocycles. The van der Waals surface area contributed by atoms with Crippen molar-refractivity contribution in [3.63, 3.8) is 0 Å². The highest BCUT2D eigenvalue weighted by atomic mass is 16.5. The quantitative estimate of drug-likeness (QED) is 0.332. The molecule has 0 aromatic carbocycles. The van der Waals surface area contributed by atoms with Gasteiger partial charge in [-0.2, -0.15) is 4.91 Å². The van der Waals surface area contributed by atoms with Crippen LogP contribution in [0.5, 0.6) is 0 Å². The summed E-state index contributed by atoms with van der Waals surface area (Å²) < 4.78 is 5.48. The largest absolute Gasteiger partial charge is 0.376 e. The minimum Gasteiger partial charge on any atom is -0.376 e. The fourth-order valence-electron chi connectivity index (χ4n) is 1.27. The van der Waals surface area contributed by atoms with Crippen LogP contribution in [0.2, 0.25) is 0 Å². The number of nitrogens with zero attached hydrogens (tertiary/aromatic N) is 1. The molecule has 0 bridgehead atoms. The molecule has 1 aliphatic rings. The Hall–Kier alpha value is -0.700. The smallest absolute Gasteiger partial charge is 0.104 e. The summed E-state index contributed by atoms with van der Waals surface area (Å²) in [7, 11) is 0. The number of ether oxygens (including phenoxy) is 1. The van der Waals surface area contributed by atoms with Crippen LogP contribution in [-0.2, 0) is 4.74 Å². The van der Waals surface area contributed by atoms with E-state index in [-0.39, 0.29) is 12.6 Å². The van der Waals surface area contributed by atoms with Crippen LogP contribution in [0, 0.1) is 10.8 Å². The molecule has 1 fully saturated rings. The van der Waals surface area contributed by atoms with Crippen molar-refractivity contribution < 1.29 is 4.74 Å². The van der Waals surface area contributed by atoms with E-state index in [2.05, 4.69) is 11.8 Å². The van der Waals surface area contributed by atoms with Crippen LogP contribution >= 0.6 is 0 Å². The Labute approximate surface area is 72.8 Å².